The quantitative estimate of drug-likeness (QED) is 0.786. The van der Waals surface area contributed by atoms with Crippen LogP contribution < -0.4 is 5.32 Å². The number of allylic oxidation sites excluding steroid dienone is 1. The second kappa shape index (κ2) is 7.72. The van der Waals surface area contributed by atoms with Crippen molar-refractivity contribution < 1.29 is 14.0 Å². The summed E-state index contributed by atoms with van der Waals surface area (Å²) < 4.78 is 5.30. The number of aromatic nitrogens is 1. The fourth-order valence-electron chi connectivity index (χ4n) is 4.84. The zero-order chi connectivity index (χ0) is 19.7. The molecular formula is C22H31N3O3. The van der Waals surface area contributed by atoms with E-state index in [0.29, 0.717) is 23.9 Å². The van der Waals surface area contributed by atoms with Crippen LogP contribution in [0.15, 0.2) is 21.8 Å². The van der Waals surface area contributed by atoms with Gasteiger partial charge in [-0.2, -0.15) is 0 Å². The van der Waals surface area contributed by atoms with Gasteiger partial charge in [-0.05, 0) is 64.2 Å². The zero-order valence-electron chi connectivity index (χ0n) is 17.1. The Morgan fingerprint density at radius 3 is 2.50 bits per heavy atom. The number of nitrogens with one attached hydrogen (secondary N) is 1. The van der Waals surface area contributed by atoms with Crippen LogP contribution in [0.2, 0.25) is 0 Å². The predicted octanol–water partition coefficient (Wildman–Crippen LogP) is 3.63. The van der Waals surface area contributed by atoms with E-state index < -0.39 is 0 Å². The number of piperidine rings is 1. The molecule has 2 amide bonds. The van der Waals surface area contributed by atoms with Crippen molar-refractivity contribution in [2.45, 2.75) is 77.2 Å². The maximum absolute atomic E-state index is 12.8. The first-order chi connectivity index (χ1) is 13.5. The number of amides is 2. The van der Waals surface area contributed by atoms with Crippen LogP contribution in [-0.2, 0) is 11.2 Å². The fraction of sp³-hybridized carbons (Fsp3) is 0.682. The van der Waals surface area contributed by atoms with Gasteiger partial charge in [0, 0.05) is 30.6 Å². The Morgan fingerprint density at radius 2 is 1.93 bits per heavy atom. The number of rotatable bonds is 5. The average Bonchev–Trinajstić information content (AvgIpc) is 3.15. The Morgan fingerprint density at radius 1 is 1.25 bits per heavy atom. The molecule has 0 radical (unpaired) electrons. The van der Waals surface area contributed by atoms with Crippen LogP contribution in [0.3, 0.4) is 0 Å². The van der Waals surface area contributed by atoms with E-state index >= 15 is 0 Å². The van der Waals surface area contributed by atoms with Crippen molar-refractivity contribution in [3.63, 3.8) is 0 Å². The van der Waals surface area contributed by atoms with Crippen LogP contribution in [-0.4, -0.2) is 40.3 Å². The number of carbonyl (C=O) groups is 2. The van der Waals surface area contributed by atoms with Gasteiger partial charge < -0.3 is 14.6 Å². The molecular weight excluding hydrogens is 354 g/mol. The van der Waals surface area contributed by atoms with Crippen LogP contribution in [0.5, 0.6) is 0 Å². The maximum atomic E-state index is 12.8. The molecule has 2 aliphatic carbocycles. The molecule has 1 aliphatic heterocycles. The van der Waals surface area contributed by atoms with Gasteiger partial charge in [-0.3, -0.25) is 9.59 Å². The summed E-state index contributed by atoms with van der Waals surface area (Å²) in [5.74, 6) is 1.10. The van der Waals surface area contributed by atoms with Gasteiger partial charge in [0.1, 0.15) is 6.26 Å². The highest BCUT2D eigenvalue weighted by molar-refractivity contribution is 5.94. The Labute approximate surface area is 166 Å². The monoisotopic (exact) mass is 385 g/mol. The van der Waals surface area contributed by atoms with Gasteiger partial charge in [0.2, 0.25) is 5.91 Å². The molecule has 6 heteroatoms. The minimum atomic E-state index is -0.138. The first-order valence-corrected chi connectivity index (χ1v) is 10.8. The lowest BCUT2D eigenvalue weighted by atomic mass is 9.86. The number of oxazole rings is 1. The number of hydrogen-bond acceptors (Lipinski definition) is 4. The lowest BCUT2D eigenvalue weighted by Crippen LogP contribution is -2.48. The van der Waals surface area contributed by atoms with Crippen molar-refractivity contribution in [1.82, 2.24) is 15.2 Å². The minimum absolute atomic E-state index is 0.115. The number of nitrogens with zero attached hydrogens (tertiary/aromatic N) is 2. The van der Waals surface area contributed by atoms with Crippen LogP contribution in [0, 0.1) is 5.92 Å². The largest absolute Gasteiger partial charge is 0.448 e. The van der Waals surface area contributed by atoms with E-state index in [4.69, 9.17) is 4.42 Å². The maximum Gasteiger partial charge on any atom is 0.273 e. The van der Waals surface area contributed by atoms with Crippen molar-refractivity contribution in [1.29, 1.82) is 0 Å². The highest BCUT2D eigenvalue weighted by Gasteiger charge is 2.51. The SMILES string of the molecule is CCc1nc(C(=O)NC2(C3CCN(C(=O)C(C)=C4CCCC4)CC3)CC2)co1. The molecule has 0 aromatic carbocycles. The Hall–Kier alpha value is -2.11. The van der Waals surface area contributed by atoms with Crippen molar-refractivity contribution in [3.8, 4) is 0 Å². The van der Waals surface area contributed by atoms with Gasteiger partial charge in [0.15, 0.2) is 11.6 Å². The van der Waals surface area contributed by atoms with E-state index in [1.54, 1.807) is 0 Å². The Balaban J connectivity index is 1.33. The molecule has 1 N–H and O–H groups in total. The molecule has 3 aliphatic rings. The lowest BCUT2D eigenvalue weighted by Gasteiger charge is -2.37. The highest BCUT2D eigenvalue weighted by Crippen LogP contribution is 2.47. The van der Waals surface area contributed by atoms with E-state index in [0.717, 1.165) is 57.2 Å². The molecule has 0 spiro atoms. The molecule has 152 valence electrons. The topological polar surface area (TPSA) is 75.4 Å². The molecule has 0 bridgehead atoms. The average molecular weight is 386 g/mol. The van der Waals surface area contributed by atoms with Crippen LogP contribution in [0.25, 0.3) is 0 Å². The van der Waals surface area contributed by atoms with Gasteiger partial charge in [-0.25, -0.2) is 4.98 Å². The summed E-state index contributed by atoms with van der Waals surface area (Å²) in [4.78, 5) is 31.7. The summed E-state index contributed by atoms with van der Waals surface area (Å²) in [6.07, 6.45) is 10.7. The van der Waals surface area contributed by atoms with Crippen LogP contribution in [0.4, 0.5) is 0 Å². The Bertz CT molecular complexity index is 775. The molecule has 1 aromatic rings. The van der Waals surface area contributed by atoms with Crippen molar-refractivity contribution in [2.24, 2.45) is 5.92 Å². The third-order valence-corrected chi connectivity index (χ3v) is 6.86. The van der Waals surface area contributed by atoms with Crippen LogP contribution >= 0.6 is 0 Å². The van der Waals surface area contributed by atoms with Gasteiger partial charge in [-0.15, -0.1) is 0 Å². The number of aryl methyl sites for hydroxylation is 1. The number of carbonyl (C=O) groups excluding carboxylic acids is 2. The first kappa shape index (κ1) is 19.2. The second-order valence-corrected chi connectivity index (χ2v) is 8.59. The molecule has 0 unspecified atom stereocenters. The first-order valence-electron chi connectivity index (χ1n) is 10.8. The Kier molecular flexibility index (Phi) is 5.30. The van der Waals surface area contributed by atoms with Gasteiger partial charge in [-0.1, -0.05) is 12.5 Å². The number of hydrogen-bond donors (Lipinski definition) is 1. The molecule has 1 saturated heterocycles. The normalized spacial score (nSPS) is 21.6. The summed E-state index contributed by atoms with van der Waals surface area (Å²) in [6.45, 7) is 5.53. The zero-order valence-corrected chi connectivity index (χ0v) is 17.1. The van der Waals surface area contributed by atoms with E-state index in [2.05, 4.69) is 10.3 Å². The highest BCUT2D eigenvalue weighted by atomic mass is 16.3. The summed E-state index contributed by atoms with van der Waals surface area (Å²) in [6, 6.07) is 0. The predicted molar refractivity (Wildman–Crippen MR) is 106 cm³/mol. The van der Waals surface area contributed by atoms with E-state index in [1.165, 1.54) is 24.7 Å². The molecule has 2 heterocycles. The van der Waals surface area contributed by atoms with Gasteiger partial charge >= 0.3 is 0 Å². The summed E-state index contributed by atoms with van der Waals surface area (Å²) in [7, 11) is 0. The van der Waals surface area contributed by atoms with Crippen molar-refractivity contribution in [3.05, 3.63) is 29.0 Å². The van der Waals surface area contributed by atoms with Crippen molar-refractivity contribution in [2.75, 3.05) is 13.1 Å². The standard InChI is InChI=1S/C22H31N3O3/c1-3-19-23-18(14-28-19)20(26)24-22(10-11-22)17-8-12-25(13-9-17)21(27)15(2)16-6-4-5-7-16/h14,17H,3-13H2,1-2H3,(H,24,26). The second-order valence-electron chi connectivity index (χ2n) is 8.59. The fourth-order valence-corrected chi connectivity index (χ4v) is 4.84. The molecule has 0 atom stereocenters. The third kappa shape index (κ3) is 3.74. The molecule has 3 fully saturated rings. The minimum Gasteiger partial charge on any atom is -0.448 e. The van der Waals surface area contributed by atoms with Gasteiger partial charge in [0.05, 0.1) is 0 Å². The summed E-state index contributed by atoms with van der Waals surface area (Å²) >= 11 is 0. The molecule has 2 saturated carbocycles. The van der Waals surface area contributed by atoms with E-state index in [-0.39, 0.29) is 17.4 Å². The molecule has 6 nitrogen and oxygen atoms in total. The molecule has 1 aromatic heterocycles. The van der Waals surface area contributed by atoms with Crippen LogP contribution in [0.1, 0.15) is 81.6 Å². The number of likely N-dealkylation sites (tertiary alicyclic amines) is 1. The lowest BCUT2D eigenvalue weighted by molar-refractivity contribution is -0.128. The summed E-state index contributed by atoms with van der Waals surface area (Å²) in [5, 5.41) is 3.23. The molecule has 4 rings (SSSR count). The van der Waals surface area contributed by atoms with E-state index in [1.807, 2.05) is 18.7 Å². The van der Waals surface area contributed by atoms with Gasteiger partial charge in [0.25, 0.3) is 5.91 Å². The third-order valence-electron chi connectivity index (χ3n) is 6.86. The summed E-state index contributed by atoms with van der Waals surface area (Å²) in [5.41, 5.74) is 2.59. The van der Waals surface area contributed by atoms with E-state index in [9.17, 15) is 9.59 Å². The van der Waals surface area contributed by atoms with Crippen molar-refractivity contribution >= 4 is 11.8 Å². The molecule has 28 heavy (non-hydrogen) atoms. The smallest absolute Gasteiger partial charge is 0.273 e.